The standard InChI is InChI=1S/C63H35F3N6/c1-68-50-26-16-25-49(63(64,65)66)57(50)58-55(71-53-29-14-10-23-43(53)47-33-31-45-41-21-8-12-27-51(41)69(59(45)61(47)71)39-17-4-2-5-18-39)35-38(37-67)36-56(58)72-54-30-15-11-24-44(54)48-34-32-46-42-22-9-13-28-52(42)70(60(46)62(48)72)40-19-6-3-7-20-40/h2-36H. The quantitative estimate of drug-likeness (QED) is 0.159. The van der Waals surface area contributed by atoms with Crippen LogP contribution >= 0.6 is 0 Å². The second-order valence-corrected chi connectivity index (χ2v) is 18.1. The van der Waals surface area contributed by atoms with E-state index in [-0.39, 0.29) is 22.4 Å². The minimum atomic E-state index is -4.89. The molecule has 0 unspecified atom stereocenters. The molecule has 0 aliphatic rings. The molecule has 14 rings (SSSR count). The maximum atomic E-state index is 16.1. The molecule has 338 valence electrons. The molecule has 0 spiro atoms. The summed E-state index contributed by atoms with van der Waals surface area (Å²) < 4.78 is 56.9. The van der Waals surface area contributed by atoms with Crippen LogP contribution in [0.4, 0.5) is 18.9 Å². The van der Waals surface area contributed by atoms with Crippen molar-refractivity contribution in [2.24, 2.45) is 0 Å². The number of aromatic nitrogens is 4. The highest BCUT2D eigenvalue weighted by molar-refractivity contribution is 6.26. The lowest BCUT2D eigenvalue weighted by Gasteiger charge is -2.24. The maximum absolute atomic E-state index is 16.1. The molecule has 0 N–H and O–H groups in total. The molecule has 0 saturated heterocycles. The first-order valence-corrected chi connectivity index (χ1v) is 23.5. The topological polar surface area (TPSA) is 47.9 Å². The average molecular weight is 933 g/mol. The van der Waals surface area contributed by atoms with Crippen LogP contribution < -0.4 is 0 Å². The highest BCUT2D eigenvalue weighted by atomic mass is 19.4. The summed E-state index contributed by atoms with van der Waals surface area (Å²) in [6, 6.07) is 70.4. The molecule has 0 atom stereocenters. The van der Waals surface area contributed by atoms with Crippen LogP contribution in [-0.4, -0.2) is 18.3 Å². The average Bonchev–Trinajstić information content (AvgIpc) is 4.16. The van der Waals surface area contributed by atoms with Gasteiger partial charge in [-0.3, -0.25) is 0 Å². The monoisotopic (exact) mass is 932 g/mol. The first-order chi connectivity index (χ1) is 35.3. The van der Waals surface area contributed by atoms with Crippen LogP contribution in [0.3, 0.4) is 0 Å². The fourth-order valence-electron chi connectivity index (χ4n) is 11.6. The summed E-state index contributed by atoms with van der Waals surface area (Å²) in [5, 5.41) is 18.7. The minimum absolute atomic E-state index is 0.150. The first-order valence-electron chi connectivity index (χ1n) is 23.5. The van der Waals surface area contributed by atoms with Gasteiger partial charge in [-0.25, -0.2) is 4.85 Å². The Morgan fingerprint density at radius 1 is 0.389 bits per heavy atom. The van der Waals surface area contributed by atoms with Gasteiger partial charge in [-0.05, 0) is 60.7 Å². The Morgan fingerprint density at radius 3 is 1.12 bits per heavy atom. The number of nitriles is 1. The lowest BCUT2D eigenvalue weighted by molar-refractivity contribution is -0.137. The number of alkyl halides is 3. The van der Waals surface area contributed by atoms with Crippen molar-refractivity contribution >= 4 is 92.9 Å². The molecule has 6 nitrogen and oxygen atoms in total. The molecular weight excluding hydrogens is 898 g/mol. The summed E-state index contributed by atoms with van der Waals surface area (Å²) in [6.07, 6.45) is -4.89. The summed E-state index contributed by atoms with van der Waals surface area (Å²) in [6.45, 7) is 8.60. The lowest BCUT2D eigenvalue weighted by Crippen LogP contribution is -2.11. The lowest BCUT2D eigenvalue weighted by atomic mass is 9.92. The van der Waals surface area contributed by atoms with Gasteiger partial charge in [0.2, 0.25) is 0 Å². The molecular formula is C63H35F3N6. The van der Waals surface area contributed by atoms with Gasteiger partial charge < -0.3 is 18.3 Å². The van der Waals surface area contributed by atoms with Gasteiger partial charge in [0.25, 0.3) is 0 Å². The third-order valence-corrected chi connectivity index (χ3v) is 14.4. The van der Waals surface area contributed by atoms with Crippen LogP contribution in [-0.2, 0) is 6.18 Å². The van der Waals surface area contributed by atoms with Crippen molar-refractivity contribution in [3.63, 3.8) is 0 Å². The first kappa shape index (κ1) is 41.2. The van der Waals surface area contributed by atoms with Crippen molar-refractivity contribution in [1.29, 1.82) is 5.26 Å². The fourth-order valence-corrected chi connectivity index (χ4v) is 11.6. The van der Waals surface area contributed by atoms with Crippen molar-refractivity contribution in [3.05, 3.63) is 235 Å². The summed E-state index contributed by atoms with van der Waals surface area (Å²) in [5.41, 5.74) is 7.89. The fraction of sp³-hybridized carbons (Fsp3) is 0.0159. The zero-order valence-corrected chi connectivity index (χ0v) is 38.0. The highest BCUT2D eigenvalue weighted by Crippen LogP contribution is 2.52. The molecule has 72 heavy (non-hydrogen) atoms. The number of rotatable bonds is 5. The number of para-hydroxylation sites is 6. The number of halogens is 3. The number of hydrogen-bond acceptors (Lipinski definition) is 1. The van der Waals surface area contributed by atoms with E-state index in [1.165, 1.54) is 12.1 Å². The maximum Gasteiger partial charge on any atom is 0.415 e. The third kappa shape index (κ3) is 5.70. The van der Waals surface area contributed by atoms with Crippen LogP contribution in [0.1, 0.15) is 11.1 Å². The van der Waals surface area contributed by atoms with E-state index < -0.39 is 11.7 Å². The van der Waals surface area contributed by atoms with Gasteiger partial charge in [-0.15, -0.1) is 0 Å². The van der Waals surface area contributed by atoms with Gasteiger partial charge in [0.05, 0.1) is 79.3 Å². The minimum Gasteiger partial charge on any atom is -0.307 e. The molecule has 0 bridgehead atoms. The Labute approximate surface area is 408 Å². The van der Waals surface area contributed by atoms with Crippen LogP contribution in [0.5, 0.6) is 0 Å². The van der Waals surface area contributed by atoms with Crippen molar-refractivity contribution < 1.29 is 13.2 Å². The normalized spacial score (nSPS) is 12.1. The second kappa shape index (κ2) is 15.3. The van der Waals surface area contributed by atoms with Crippen LogP contribution in [0.2, 0.25) is 0 Å². The number of hydrogen-bond donors (Lipinski definition) is 0. The van der Waals surface area contributed by atoms with Gasteiger partial charge in [0.15, 0.2) is 5.69 Å². The summed E-state index contributed by atoms with van der Waals surface area (Å²) in [7, 11) is 0. The zero-order chi connectivity index (χ0) is 48.4. The SMILES string of the molecule is [C-]#[N+]c1cccc(C(F)(F)F)c1-c1c(-n2c3ccccc3c3ccc4c5ccccc5n(-c5ccccc5)c4c32)cc(C#N)cc1-n1c2ccccc2c2ccc3c4ccccc4n(-c4ccccc4)c3c21. The molecule has 14 aromatic rings. The van der Waals surface area contributed by atoms with Gasteiger partial charge in [0, 0.05) is 65.6 Å². The second-order valence-electron chi connectivity index (χ2n) is 18.1. The molecule has 0 saturated carbocycles. The summed E-state index contributed by atoms with van der Waals surface area (Å²) in [4.78, 5) is 3.88. The highest BCUT2D eigenvalue weighted by Gasteiger charge is 2.37. The Balaban J connectivity index is 1.27. The molecule has 4 heterocycles. The largest absolute Gasteiger partial charge is 0.415 e. The number of nitrogens with zero attached hydrogens (tertiary/aromatic N) is 6. The summed E-state index contributed by atoms with van der Waals surface area (Å²) in [5.74, 6) is 0. The van der Waals surface area contributed by atoms with Crippen LogP contribution in [0, 0.1) is 17.9 Å². The third-order valence-electron chi connectivity index (χ3n) is 14.4. The van der Waals surface area contributed by atoms with Crippen molar-refractivity contribution in [3.8, 4) is 39.9 Å². The van der Waals surface area contributed by atoms with E-state index in [0.717, 1.165) is 105 Å². The van der Waals surface area contributed by atoms with E-state index in [4.69, 9.17) is 6.57 Å². The Hall–Kier alpha value is -9.83. The van der Waals surface area contributed by atoms with Crippen molar-refractivity contribution in [2.45, 2.75) is 6.18 Å². The zero-order valence-electron chi connectivity index (χ0n) is 38.0. The van der Waals surface area contributed by atoms with E-state index >= 15 is 13.2 Å². The Bertz CT molecular complexity index is 4440. The number of fused-ring (bicyclic) bond motifs is 14. The van der Waals surface area contributed by atoms with E-state index in [9.17, 15) is 5.26 Å². The van der Waals surface area contributed by atoms with Gasteiger partial charge in [-0.1, -0.05) is 152 Å². The van der Waals surface area contributed by atoms with Gasteiger partial charge in [-0.2, -0.15) is 18.4 Å². The molecule has 0 aliphatic heterocycles. The van der Waals surface area contributed by atoms with Crippen LogP contribution in [0.25, 0.3) is 126 Å². The molecule has 0 aliphatic carbocycles. The Morgan fingerprint density at radius 2 is 0.750 bits per heavy atom. The van der Waals surface area contributed by atoms with Gasteiger partial charge >= 0.3 is 6.18 Å². The van der Waals surface area contributed by atoms with Crippen LogP contribution in [0.15, 0.2) is 212 Å². The van der Waals surface area contributed by atoms with Gasteiger partial charge in [0.1, 0.15) is 0 Å². The molecule has 0 amide bonds. The predicted molar refractivity (Wildman–Crippen MR) is 285 cm³/mol. The van der Waals surface area contributed by atoms with Crippen molar-refractivity contribution in [1.82, 2.24) is 18.3 Å². The van der Waals surface area contributed by atoms with E-state index in [1.807, 2.05) is 118 Å². The van der Waals surface area contributed by atoms with E-state index in [2.05, 4.69) is 92.8 Å². The molecule has 0 radical (unpaired) electrons. The molecule has 10 aromatic carbocycles. The van der Waals surface area contributed by atoms with E-state index in [0.29, 0.717) is 11.4 Å². The number of benzene rings is 10. The smallest absolute Gasteiger partial charge is 0.307 e. The molecule has 9 heteroatoms. The predicted octanol–water partition coefficient (Wildman–Crippen LogP) is 17.2. The van der Waals surface area contributed by atoms with Crippen molar-refractivity contribution in [2.75, 3.05) is 0 Å². The van der Waals surface area contributed by atoms with E-state index in [1.54, 1.807) is 12.1 Å². The molecule has 4 aromatic heterocycles. The Kier molecular flexibility index (Phi) is 8.77. The summed E-state index contributed by atoms with van der Waals surface area (Å²) >= 11 is 0. The molecule has 0 fully saturated rings.